The number of carbonyl (C=O) groups is 1. The molecule has 0 aromatic heterocycles. The van der Waals surface area contributed by atoms with E-state index in [0.717, 1.165) is 21.3 Å². The predicted octanol–water partition coefficient (Wildman–Crippen LogP) is 3.77. The summed E-state index contributed by atoms with van der Waals surface area (Å²) in [6.45, 7) is 1.92. The Hall–Kier alpha value is -1.81. The fraction of sp³-hybridized carbons (Fsp3) is 0.188. The average molecular weight is 334 g/mol. The molecule has 0 amide bonds. The van der Waals surface area contributed by atoms with Crippen LogP contribution in [0.3, 0.4) is 0 Å². The molecule has 0 fully saturated rings. The molecule has 2 N–H and O–H groups in total. The highest BCUT2D eigenvalue weighted by molar-refractivity contribution is 9.10. The fourth-order valence-corrected chi connectivity index (χ4v) is 2.51. The van der Waals surface area contributed by atoms with E-state index in [-0.39, 0.29) is 5.78 Å². The number of ether oxygens (including phenoxy) is 1. The number of ketones is 1. The number of aryl methyl sites for hydroxylation is 1. The second kappa shape index (κ2) is 6.09. The smallest absolute Gasteiger partial charge is 0.167 e. The maximum absolute atomic E-state index is 12.2. The summed E-state index contributed by atoms with van der Waals surface area (Å²) < 4.78 is 6.01. The lowest BCUT2D eigenvalue weighted by Gasteiger charge is -2.07. The SMILES string of the molecule is COc1ccc(CC(=O)c2ccc(C)c(N)c2)cc1Br. The lowest BCUT2D eigenvalue weighted by atomic mass is 10.0. The number of halogens is 1. The van der Waals surface area contributed by atoms with Crippen LogP contribution in [-0.4, -0.2) is 12.9 Å². The van der Waals surface area contributed by atoms with Gasteiger partial charge in [0.2, 0.25) is 0 Å². The third-order valence-corrected chi connectivity index (χ3v) is 3.80. The number of carbonyl (C=O) groups excluding carboxylic acids is 1. The number of benzene rings is 2. The number of hydrogen-bond donors (Lipinski definition) is 1. The Morgan fingerprint density at radius 2 is 2.00 bits per heavy atom. The van der Waals surface area contributed by atoms with Crippen LogP contribution >= 0.6 is 15.9 Å². The van der Waals surface area contributed by atoms with Gasteiger partial charge in [0.25, 0.3) is 0 Å². The molecule has 0 aliphatic heterocycles. The highest BCUT2D eigenvalue weighted by atomic mass is 79.9. The van der Waals surface area contributed by atoms with Gasteiger partial charge in [-0.25, -0.2) is 0 Å². The van der Waals surface area contributed by atoms with Gasteiger partial charge in [0, 0.05) is 17.7 Å². The van der Waals surface area contributed by atoms with Gasteiger partial charge >= 0.3 is 0 Å². The zero-order valence-electron chi connectivity index (χ0n) is 11.4. The summed E-state index contributed by atoms with van der Waals surface area (Å²) in [7, 11) is 1.61. The van der Waals surface area contributed by atoms with E-state index in [1.165, 1.54) is 0 Å². The lowest BCUT2D eigenvalue weighted by molar-refractivity contribution is 0.0993. The van der Waals surface area contributed by atoms with Gasteiger partial charge in [0.15, 0.2) is 5.78 Å². The molecule has 2 aromatic carbocycles. The van der Waals surface area contributed by atoms with Gasteiger partial charge in [0.05, 0.1) is 11.6 Å². The molecular formula is C16H16BrNO2. The summed E-state index contributed by atoms with van der Waals surface area (Å²) in [6.07, 6.45) is 0.338. The van der Waals surface area contributed by atoms with Crippen LogP contribution in [-0.2, 0) is 6.42 Å². The van der Waals surface area contributed by atoms with Crippen molar-refractivity contribution in [1.29, 1.82) is 0 Å². The van der Waals surface area contributed by atoms with Crippen molar-refractivity contribution < 1.29 is 9.53 Å². The Bertz CT molecular complexity index is 653. The Morgan fingerprint density at radius 3 is 2.60 bits per heavy atom. The van der Waals surface area contributed by atoms with Crippen LogP contribution in [0.4, 0.5) is 5.69 Å². The summed E-state index contributed by atoms with van der Waals surface area (Å²) in [5, 5.41) is 0. The van der Waals surface area contributed by atoms with Crippen molar-refractivity contribution in [3.05, 3.63) is 57.6 Å². The van der Waals surface area contributed by atoms with Crippen molar-refractivity contribution in [2.75, 3.05) is 12.8 Å². The highest BCUT2D eigenvalue weighted by Gasteiger charge is 2.10. The van der Waals surface area contributed by atoms with Gasteiger partial charge < -0.3 is 10.5 Å². The van der Waals surface area contributed by atoms with Crippen LogP contribution in [0.25, 0.3) is 0 Å². The molecule has 0 unspecified atom stereocenters. The normalized spacial score (nSPS) is 10.3. The molecule has 0 spiro atoms. The molecule has 0 saturated carbocycles. The zero-order valence-corrected chi connectivity index (χ0v) is 13.0. The van der Waals surface area contributed by atoms with Gasteiger partial charge in [-0.3, -0.25) is 4.79 Å². The van der Waals surface area contributed by atoms with Crippen LogP contribution < -0.4 is 10.5 Å². The molecule has 4 heteroatoms. The van der Waals surface area contributed by atoms with Crippen LogP contribution in [0.2, 0.25) is 0 Å². The van der Waals surface area contributed by atoms with E-state index in [0.29, 0.717) is 17.7 Å². The zero-order chi connectivity index (χ0) is 14.7. The third kappa shape index (κ3) is 3.20. The van der Waals surface area contributed by atoms with Crippen molar-refractivity contribution in [1.82, 2.24) is 0 Å². The maximum atomic E-state index is 12.2. The Kier molecular flexibility index (Phi) is 4.45. The van der Waals surface area contributed by atoms with E-state index < -0.39 is 0 Å². The molecule has 0 bridgehead atoms. The van der Waals surface area contributed by atoms with Crippen molar-refractivity contribution in [2.45, 2.75) is 13.3 Å². The second-order valence-corrected chi connectivity index (χ2v) is 5.49. The monoisotopic (exact) mass is 333 g/mol. The molecule has 0 aliphatic carbocycles. The number of anilines is 1. The van der Waals surface area contributed by atoms with Crippen molar-refractivity contribution >= 4 is 27.4 Å². The second-order valence-electron chi connectivity index (χ2n) is 4.64. The Morgan fingerprint density at radius 1 is 1.25 bits per heavy atom. The molecule has 0 aliphatic rings. The van der Waals surface area contributed by atoms with Crippen molar-refractivity contribution in [2.24, 2.45) is 0 Å². The number of Topliss-reactive ketones (excluding diaryl/α,β-unsaturated/α-hetero) is 1. The van der Waals surface area contributed by atoms with Gasteiger partial charge in [0.1, 0.15) is 5.75 Å². The summed E-state index contributed by atoms with van der Waals surface area (Å²) in [4.78, 5) is 12.2. The molecular weight excluding hydrogens is 318 g/mol. The van der Waals surface area contributed by atoms with Gasteiger partial charge in [-0.1, -0.05) is 18.2 Å². The lowest BCUT2D eigenvalue weighted by Crippen LogP contribution is -2.05. The van der Waals surface area contributed by atoms with Gasteiger partial charge in [-0.15, -0.1) is 0 Å². The topological polar surface area (TPSA) is 52.3 Å². The molecule has 0 radical (unpaired) electrons. The number of nitrogen functional groups attached to an aromatic ring is 1. The van der Waals surface area contributed by atoms with Crippen LogP contribution in [0.5, 0.6) is 5.75 Å². The molecule has 0 heterocycles. The highest BCUT2D eigenvalue weighted by Crippen LogP contribution is 2.26. The standard InChI is InChI=1S/C16H16BrNO2/c1-10-3-5-12(9-14(10)18)15(19)8-11-4-6-16(20-2)13(17)7-11/h3-7,9H,8,18H2,1-2H3. The molecule has 20 heavy (non-hydrogen) atoms. The average Bonchev–Trinajstić information content (AvgIpc) is 2.42. The first-order valence-corrected chi connectivity index (χ1v) is 7.02. The molecule has 2 rings (SSSR count). The molecule has 0 saturated heterocycles. The van der Waals surface area contributed by atoms with Crippen molar-refractivity contribution in [3.8, 4) is 5.75 Å². The minimum atomic E-state index is 0.0498. The Balaban J connectivity index is 2.19. The van der Waals surface area contributed by atoms with E-state index in [2.05, 4.69) is 15.9 Å². The van der Waals surface area contributed by atoms with E-state index in [1.54, 1.807) is 13.2 Å². The third-order valence-electron chi connectivity index (χ3n) is 3.18. The van der Waals surface area contributed by atoms with E-state index >= 15 is 0 Å². The first-order chi connectivity index (χ1) is 9.51. The maximum Gasteiger partial charge on any atom is 0.167 e. The summed E-state index contributed by atoms with van der Waals surface area (Å²) in [5.41, 5.74) is 9.03. The number of nitrogens with two attached hydrogens (primary N) is 1. The van der Waals surface area contributed by atoms with Crippen molar-refractivity contribution in [3.63, 3.8) is 0 Å². The number of rotatable bonds is 4. The van der Waals surface area contributed by atoms with E-state index in [1.807, 2.05) is 37.3 Å². The number of methoxy groups -OCH3 is 1. The predicted molar refractivity (Wildman–Crippen MR) is 84.3 cm³/mol. The first kappa shape index (κ1) is 14.6. The fourth-order valence-electron chi connectivity index (χ4n) is 1.92. The quantitative estimate of drug-likeness (QED) is 0.684. The summed E-state index contributed by atoms with van der Waals surface area (Å²) >= 11 is 3.42. The van der Waals surface area contributed by atoms with Gasteiger partial charge in [-0.2, -0.15) is 0 Å². The molecule has 3 nitrogen and oxygen atoms in total. The summed E-state index contributed by atoms with van der Waals surface area (Å²) in [6, 6.07) is 11.0. The van der Waals surface area contributed by atoms with E-state index in [9.17, 15) is 4.79 Å². The van der Waals surface area contributed by atoms with Gasteiger partial charge in [-0.05, 0) is 52.2 Å². The minimum Gasteiger partial charge on any atom is -0.496 e. The molecule has 0 atom stereocenters. The summed E-state index contributed by atoms with van der Waals surface area (Å²) in [5.74, 6) is 0.801. The number of hydrogen-bond acceptors (Lipinski definition) is 3. The van der Waals surface area contributed by atoms with Crippen LogP contribution in [0.15, 0.2) is 40.9 Å². The minimum absolute atomic E-state index is 0.0498. The van der Waals surface area contributed by atoms with E-state index in [4.69, 9.17) is 10.5 Å². The Labute approximate surface area is 126 Å². The van der Waals surface area contributed by atoms with Crippen LogP contribution in [0.1, 0.15) is 21.5 Å². The largest absolute Gasteiger partial charge is 0.496 e. The molecule has 2 aromatic rings. The van der Waals surface area contributed by atoms with Crippen LogP contribution in [0, 0.1) is 6.92 Å². The first-order valence-electron chi connectivity index (χ1n) is 6.23. The molecule has 104 valence electrons.